The first-order valence-electron chi connectivity index (χ1n) is 16.6. The van der Waals surface area contributed by atoms with Crippen molar-refractivity contribution < 1.29 is 23.5 Å². The number of halogens is 3. The summed E-state index contributed by atoms with van der Waals surface area (Å²) in [6.45, 7) is 10.1. The zero-order chi connectivity index (χ0) is 34.7. The number of carbonyl (C=O) groups excluding carboxylic acids is 3. The highest BCUT2D eigenvalue weighted by atomic mass is 35.5. The van der Waals surface area contributed by atoms with Gasteiger partial charge in [-0.1, -0.05) is 82.4 Å². The molecule has 1 aliphatic carbocycles. The van der Waals surface area contributed by atoms with Crippen LogP contribution in [-0.4, -0.2) is 55.5 Å². The van der Waals surface area contributed by atoms with Crippen LogP contribution in [0.1, 0.15) is 90.2 Å². The van der Waals surface area contributed by atoms with E-state index in [1.54, 1.807) is 37.4 Å². The highest BCUT2D eigenvalue weighted by Gasteiger charge is 2.60. The molecule has 1 saturated heterocycles. The van der Waals surface area contributed by atoms with Gasteiger partial charge in [0.25, 0.3) is 0 Å². The number of amides is 1. The van der Waals surface area contributed by atoms with E-state index < -0.39 is 41.2 Å². The Kier molecular flexibility index (Phi) is 12.0. The molecule has 6 atom stereocenters. The average Bonchev–Trinajstić information content (AvgIpc) is 3.35. The second-order valence-electron chi connectivity index (χ2n) is 14.4. The van der Waals surface area contributed by atoms with E-state index in [1.807, 2.05) is 13.8 Å². The minimum Gasteiger partial charge on any atom is -0.461 e. The average molecular weight is 692 g/mol. The Morgan fingerprint density at radius 2 is 1.85 bits per heavy atom. The fourth-order valence-electron chi connectivity index (χ4n) is 7.23. The molecule has 258 valence electrons. The largest absolute Gasteiger partial charge is 0.461 e. The normalized spacial score (nSPS) is 27.5. The molecule has 11 heteroatoms. The highest BCUT2D eigenvalue weighted by Crippen LogP contribution is 2.53. The summed E-state index contributed by atoms with van der Waals surface area (Å²) in [5, 5.41) is 10.2. The summed E-state index contributed by atoms with van der Waals surface area (Å²) < 4.78 is 21.8. The van der Waals surface area contributed by atoms with E-state index in [1.165, 1.54) is 6.07 Å². The molecule has 2 aliphatic rings. The van der Waals surface area contributed by atoms with Crippen molar-refractivity contribution in [1.82, 2.24) is 10.6 Å². The van der Waals surface area contributed by atoms with E-state index in [-0.39, 0.29) is 40.0 Å². The van der Waals surface area contributed by atoms with Gasteiger partial charge in [-0.05, 0) is 72.8 Å². The van der Waals surface area contributed by atoms with Gasteiger partial charge in [-0.25, -0.2) is 4.39 Å². The Morgan fingerprint density at radius 1 is 1.17 bits per heavy atom. The van der Waals surface area contributed by atoms with Crippen LogP contribution in [0.5, 0.6) is 0 Å². The molecule has 1 heterocycles. The van der Waals surface area contributed by atoms with Gasteiger partial charge in [-0.3, -0.25) is 9.59 Å². The number of ether oxygens (including phenoxy) is 1. The third-order valence-electron chi connectivity index (χ3n) is 9.97. The fourth-order valence-corrected chi connectivity index (χ4v) is 7.58. The smallest absolute Gasteiger partial charge is 0.323 e. The molecule has 1 saturated carbocycles. The van der Waals surface area contributed by atoms with Gasteiger partial charge in [0, 0.05) is 35.8 Å². The summed E-state index contributed by atoms with van der Waals surface area (Å²) in [6.07, 6.45) is 4.23. The van der Waals surface area contributed by atoms with Crippen LogP contribution in [0.25, 0.3) is 0 Å². The number of benzene rings is 2. The maximum Gasteiger partial charge on any atom is 0.323 e. The maximum atomic E-state index is 16.0. The van der Waals surface area contributed by atoms with Gasteiger partial charge in [-0.2, -0.15) is 0 Å². The molecular weight excluding hydrogens is 642 g/mol. The van der Waals surface area contributed by atoms with E-state index in [4.69, 9.17) is 33.7 Å². The fraction of sp³-hybridized carbons (Fsp3) is 0.583. The van der Waals surface area contributed by atoms with Gasteiger partial charge in [0.15, 0.2) is 0 Å². The summed E-state index contributed by atoms with van der Waals surface area (Å²) in [5.41, 5.74) is 5.85. The zero-order valence-electron chi connectivity index (χ0n) is 28.2. The molecule has 0 unspecified atom stereocenters. The maximum absolute atomic E-state index is 16.0. The zero-order valence-corrected chi connectivity index (χ0v) is 29.7. The predicted molar refractivity (Wildman–Crippen MR) is 185 cm³/mol. The van der Waals surface area contributed by atoms with Gasteiger partial charge in [-0.15, -0.1) is 0 Å². The summed E-state index contributed by atoms with van der Waals surface area (Å²) >= 11 is 12.7. The number of aldehydes is 1. The molecule has 0 spiro atoms. The third-order valence-corrected chi connectivity index (χ3v) is 10.5. The van der Waals surface area contributed by atoms with Crippen molar-refractivity contribution in [3.63, 3.8) is 0 Å². The van der Waals surface area contributed by atoms with E-state index >= 15 is 4.39 Å². The van der Waals surface area contributed by atoms with Crippen LogP contribution in [0.15, 0.2) is 36.4 Å². The molecule has 2 aromatic rings. The highest BCUT2D eigenvalue weighted by molar-refractivity contribution is 6.31. The molecule has 8 nitrogen and oxygen atoms in total. The van der Waals surface area contributed by atoms with Gasteiger partial charge in [0.1, 0.15) is 24.2 Å². The van der Waals surface area contributed by atoms with Crippen LogP contribution in [0.4, 0.5) is 10.1 Å². The number of carbonyl (C=O) groups is 3. The first-order valence-corrected chi connectivity index (χ1v) is 17.3. The molecule has 1 aliphatic heterocycles. The van der Waals surface area contributed by atoms with Gasteiger partial charge in [0.2, 0.25) is 5.91 Å². The molecule has 1 amide bonds. The second kappa shape index (κ2) is 15.2. The summed E-state index contributed by atoms with van der Waals surface area (Å²) in [6, 6.07) is 7.54. The monoisotopic (exact) mass is 690 g/mol. The standard InChI is InChI=1S/C36H49Cl2FN4O4/c1-7-20(2)31(40)34(46)47-23-14-12-22(13-15-23)42-33(45)32-29(24-9-8-10-26(38)30(24)39)36(19-44,28(43-32)18-35(3,4)5)25-16-11-21(37)17-27(25)41-6/h8-11,16-17,19-20,22-23,28-29,31-32,41,43H,7,12-15,18,40H2,1-6H3,(H,42,45)/t20-,22?,23?,28+,29-,31-,32+,36+/m0/s1. The summed E-state index contributed by atoms with van der Waals surface area (Å²) in [5.74, 6) is -2.33. The number of esters is 1. The van der Waals surface area contributed by atoms with Crippen molar-refractivity contribution in [2.75, 3.05) is 12.4 Å². The quantitative estimate of drug-likeness (QED) is 0.157. The molecule has 0 aromatic heterocycles. The topological polar surface area (TPSA) is 123 Å². The van der Waals surface area contributed by atoms with Crippen molar-refractivity contribution in [3.8, 4) is 0 Å². The number of anilines is 1. The summed E-state index contributed by atoms with van der Waals surface area (Å²) in [4.78, 5) is 40.6. The van der Waals surface area contributed by atoms with Crippen LogP contribution < -0.4 is 21.7 Å². The van der Waals surface area contributed by atoms with Gasteiger partial charge in [0.05, 0.1) is 16.5 Å². The van der Waals surface area contributed by atoms with Crippen LogP contribution in [0, 0.1) is 17.2 Å². The van der Waals surface area contributed by atoms with Gasteiger partial charge >= 0.3 is 5.97 Å². The number of hydrogen-bond donors (Lipinski definition) is 4. The Labute approximate surface area is 288 Å². The van der Waals surface area contributed by atoms with E-state index in [0.717, 1.165) is 12.7 Å². The third kappa shape index (κ3) is 7.96. The van der Waals surface area contributed by atoms with Crippen molar-refractivity contribution in [3.05, 3.63) is 63.4 Å². The van der Waals surface area contributed by atoms with Crippen LogP contribution >= 0.6 is 23.2 Å². The first kappa shape index (κ1) is 37.1. The van der Waals surface area contributed by atoms with Crippen molar-refractivity contribution in [2.45, 2.75) is 115 Å². The van der Waals surface area contributed by atoms with E-state index in [2.05, 4.69) is 36.7 Å². The lowest BCUT2D eigenvalue weighted by Gasteiger charge is -2.39. The minimum atomic E-state index is -1.37. The SMILES string of the molecule is CC[C@H](C)[C@H](N)C(=O)OC1CCC(NC(=O)[C@@H]2N[C@H](CC(C)(C)C)[C@@](C=O)(c3ccc(Cl)cc3NC)[C@H]2c2cccc(Cl)c2F)CC1. The lowest BCUT2D eigenvalue weighted by atomic mass is 9.62. The van der Waals surface area contributed by atoms with Crippen LogP contribution in [0.2, 0.25) is 10.0 Å². The molecular formula is C36H49Cl2FN4O4. The number of hydrogen-bond acceptors (Lipinski definition) is 7. The lowest BCUT2D eigenvalue weighted by Crippen LogP contribution is -2.50. The molecule has 0 radical (unpaired) electrons. The van der Waals surface area contributed by atoms with E-state index in [9.17, 15) is 14.4 Å². The van der Waals surface area contributed by atoms with Crippen molar-refractivity contribution in [1.29, 1.82) is 0 Å². The van der Waals surface area contributed by atoms with Crippen LogP contribution in [0.3, 0.4) is 0 Å². The molecule has 0 bridgehead atoms. The Balaban J connectivity index is 1.69. The summed E-state index contributed by atoms with van der Waals surface area (Å²) in [7, 11) is 1.74. The Hall–Kier alpha value is -2.72. The first-order chi connectivity index (χ1) is 22.2. The number of rotatable bonds is 11. The molecule has 2 aromatic carbocycles. The predicted octanol–water partition coefficient (Wildman–Crippen LogP) is 6.52. The minimum absolute atomic E-state index is 0.0203. The number of nitrogens with one attached hydrogen (secondary N) is 3. The molecule has 47 heavy (non-hydrogen) atoms. The Morgan fingerprint density at radius 3 is 2.45 bits per heavy atom. The molecule has 4 rings (SSSR count). The van der Waals surface area contributed by atoms with Crippen molar-refractivity contribution >= 4 is 47.1 Å². The van der Waals surface area contributed by atoms with E-state index in [0.29, 0.717) is 48.4 Å². The molecule has 2 fully saturated rings. The van der Waals surface area contributed by atoms with Gasteiger partial charge < -0.3 is 31.2 Å². The molecule has 5 N–H and O–H groups in total. The Bertz CT molecular complexity index is 1440. The second-order valence-corrected chi connectivity index (χ2v) is 15.2. The van der Waals surface area contributed by atoms with Crippen molar-refractivity contribution in [2.24, 2.45) is 17.1 Å². The lowest BCUT2D eigenvalue weighted by molar-refractivity contribution is -0.153. The van der Waals surface area contributed by atoms with Crippen LogP contribution in [-0.2, 0) is 24.5 Å². The number of nitrogens with two attached hydrogens (primary N) is 1.